The molecule has 0 saturated heterocycles. The van der Waals surface area contributed by atoms with Gasteiger partial charge in [0.15, 0.2) is 4.34 Å². The molecule has 2 aromatic rings. The first-order chi connectivity index (χ1) is 9.74. The third-order valence-corrected chi connectivity index (χ3v) is 6.52. The van der Waals surface area contributed by atoms with Crippen LogP contribution in [0.4, 0.5) is 0 Å². The molecule has 2 aromatic heterocycles. The van der Waals surface area contributed by atoms with E-state index in [2.05, 4.69) is 27.8 Å². The van der Waals surface area contributed by atoms with Crippen LogP contribution in [0.5, 0.6) is 0 Å². The molecule has 7 heteroatoms. The number of thiophene rings is 1. The van der Waals surface area contributed by atoms with Gasteiger partial charge in [0.25, 0.3) is 0 Å². The molecule has 2 rings (SSSR count). The first-order valence-corrected chi connectivity index (χ1v) is 10.1. The summed E-state index contributed by atoms with van der Waals surface area (Å²) in [7, 11) is 0. The van der Waals surface area contributed by atoms with Crippen molar-refractivity contribution >= 4 is 52.1 Å². The van der Waals surface area contributed by atoms with Gasteiger partial charge in [0.1, 0.15) is 0 Å². The number of rotatable bonds is 8. The van der Waals surface area contributed by atoms with Gasteiger partial charge in [-0.2, -0.15) is 11.8 Å². The lowest BCUT2D eigenvalue weighted by molar-refractivity contribution is -0.118. The standard InChI is InChI=1S/C13H16N2OS4/c1-10-7-19-13(15-10)20-9-12(16)14-4-6-17-8-11-3-2-5-18-11/h2-3,5,7H,4,6,8-9H2,1H3,(H,14,16). The Balaban J connectivity index is 1.52. The molecule has 0 spiro atoms. The highest BCUT2D eigenvalue weighted by atomic mass is 32.2. The summed E-state index contributed by atoms with van der Waals surface area (Å²) in [6, 6.07) is 4.21. The van der Waals surface area contributed by atoms with Gasteiger partial charge in [-0.25, -0.2) is 4.98 Å². The van der Waals surface area contributed by atoms with Crippen LogP contribution in [0.2, 0.25) is 0 Å². The minimum atomic E-state index is 0.0829. The monoisotopic (exact) mass is 344 g/mol. The number of thiazole rings is 1. The lowest BCUT2D eigenvalue weighted by Gasteiger charge is -2.03. The van der Waals surface area contributed by atoms with Crippen LogP contribution in [-0.4, -0.2) is 28.9 Å². The van der Waals surface area contributed by atoms with Crippen molar-refractivity contribution in [2.45, 2.75) is 17.0 Å². The van der Waals surface area contributed by atoms with Gasteiger partial charge in [-0.05, 0) is 18.4 Å². The van der Waals surface area contributed by atoms with Crippen LogP contribution < -0.4 is 5.32 Å². The molecule has 0 aliphatic rings. The van der Waals surface area contributed by atoms with Crippen LogP contribution in [0.3, 0.4) is 0 Å². The van der Waals surface area contributed by atoms with E-state index < -0.39 is 0 Å². The minimum absolute atomic E-state index is 0.0829. The predicted octanol–water partition coefficient (Wildman–Crippen LogP) is 3.65. The summed E-state index contributed by atoms with van der Waals surface area (Å²) in [6.45, 7) is 2.69. The Bertz CT molecular complexity index is 524. The van der Waals surface area contributed by atoms with E-state index in [1.54, 1.807) is 22.7 Å². The maximum atomic E-state index is 11.7. The molecule has 0 aliphatic carbocycles. The molecule has 108 valence electrons. The van der Waals surface area contributed by atoms with Crippen molar-refractivity contribution < 1.29 is 4.79 Å². The molecule has 0 aliphatic heterocycles. The summed E-state index contributed by atoms with van der Waals surface area (Å²) in [5, 5.41) is 7.03. The molecular formula is C13H16N2OS4. The highest BCUT2D eigenvalue weighted by molar-refractivity contribution is 8.01. The number of carbonyl (C=O) groups is 1. The Morgan fingerprint density at radius 1 is 1.45 bits per heavy atom. The molecule has 0 unspecified atom stereocenters. The zero-order valence-corrected chi connectivity index (χ0v) is 14.4. The highest BCUT2D eigenvalue weighted by Crippen LogP contribution is 2.21. The van der Waals surface area contributed by atoms with E-state index in [0.717, 1.165) is 28.1 Å². The number of nitrogens with one attached hydrogen (secondary N) is 1. The number of aromatic nitrogens is 1. The van der Waals surface area contributed by atoms with Gasteiger partial charge in [-0.3, -0.25) is 4.79 Å². The molecule has 1 N–H and O–H groups in total. The fourth-order valence-electron chi connectivity index (χ4n) is 1.41. The first-order valence-electron chi connectivity index (χ1n) is 6.16. The van der Waals surface area contributed by atoms with Crippen molar-refractivity contribution in [2.75, 3.05) is 18.1 Å². The van der Waals surface area contributed by atoms with Gasteiger partial charge in [0, 0.05) is 34.0 Å². The quantitative estimate of drug-likeness (QED) is 0.586. The van der Waals surface area contributed by atoms with E-state index in [4.69, 9.17) is 0 Å². The predicted molar refractivity (Wildman–Crippen MR) is 91.1 cm³/mol. The van der Waals surface area contributed by atoms with Crippen molar-refractivity contribution in [3.63, 3.8) is 0 Å². The molecule has 3 nitrogen and oxygen atoms in total. The summed E-state index contributed by atoms with van der Waals surface area (Å²) in [6.07, 6.45) is 0. The van der Waals surface area contributed by atoms with Gasteiger partial charge in [-0.1, -0.05) is 17.8 Å². The van der Waals surface area contributed by atoms with E-state index >= 15 is 0 Å². The van der Waals surface area contributed by atoms with E-state index in [9.17, 15) is 4.79 Å². The van der Waals surface area contributed by atoms with Gasteiger partial charge < -0.3 is 5.32 Å². The van der Waals surface area contributed by atoms with Crippen molar-refractivity contribution in [1.29, 1.82) is 0 Å². The van der Waals surface area contributed by atoms with E-state index in [-0.39, 0.29) is 5.91 Å². The van der Waals surface area contributed by atoms with Crippen LogP contribution in [0.25, 0.3) is 0 Å². The second-order valence-corrected chi connectivity index (χ2v) is 8.24. The Labute approximate surface area is 135 Å². The van der Waals surface area contributed by atoms with Crippen LogP contribution in [-0.2, 0) is 10.5 Å². The highest BCUT2D eigenvalue weighted by Gasteiger charge is 2.05. The molecule has 0 atom stereocenters. The smallest absolute Gasteiger partial charge is 0.230 e. The van der Waals surface area contributed by atoms with Crippen LogP contribution in [0.1, 0.15) is 10.6 Å². The minimum Gasteiger partial charge on any atom is -0.355 e. The number of aryl methyl sites for hydroxylation is 1. The van der Waals surface area contributed by atoms with Gasteiger partial charge in [0.2, 0.25) is 5.91 Å². The number of carbonyl (C=O) groups excluding carboxylic acids is 1. The first kappa shape index (κ1) is 15.9. The van der Waals surface area contributed by atoms with Crippen LogP contribution >= 0.6 is 46.2 Å². The SMILES string of the molecule is Cc1csc(SCC(=O)NCCSCc2cccs2)n1. The third kappa shape index (κ3) is 5.87. The normalized spacial score (nSPS) is 10.7. The molecule has 0 aromatic carbocycles. The summed E-state index contributed by atoms with van der Waals surface area (Å²) in [5.74, 6) is 2.51. The van der Waals surface area contributed by atoms with Crippen molar-refractivity contribution in [1.82, 2.24) is 10.3 Å². The average Bonchev–Trinajstić information content (AvgIpc) is 3.07. The fourth-order valence-corrected chi connectivity index (χ4v) is 4.79. The zero-order valence-electron chi connectivity index (χ0n) is 11.1. The molecule has 1 amide bonds. The van der Waals surface area contributed by atoms with E-state index in [0.29, 0.717) is 5.75 Å². The molecule has 0 radical (unpaired) electrons. The second kappa shape index (κ2) is 8.71. The number of nitrogens with zero attached hydrogens (tertiary/aromatic N) is 1. The summed E-state index contributed by atoms with van der Waals surface area (Å²) >= 11 is 6.72. The molecular weight excluding hydrogens is 328 g/mol. The lowest BCUT2D eigenvalue weighted by atomic mass is 10.5. The number of thioether (sulfide) groups is 2. The lowest BCUT2D eigenvalue weighted by Crippen LogP contribution is -2.27. The number of hydrogen-bond acceptors (Lipinski definition) is 6. The largest absolute Gasteiger partial charge is 0.355 e. The molecule has 2 heterocycles. The van der Waals surface area contributed by atoms with Crippen LogP contribution in [0, 0.1) is 6.92 Å². The number of hydrogen-bond donors (Lipinski definition) is 1. The summed E-state index contributed by atoms with van der Waals surface area (Å²) in [5.41, 5.74) is 1.02. The number of amides is 1. The van der Waals surface area contributed by atoms with E-state index in [1.165, 1.54) is 16.6 Å². The third-order valence-electron chi connectivity index (χ3n) is 2.32. The van der Waals surface area contributed by atoms with Gasteiger partial charge in [0.05, 0.1) is 5.75 Å². The Hall–Kier alpha value is -0.500. The van der Waals surface area contributed by atoms with Crippen molar-refractivity contribution in [2.24, 2.45) is 0 Å². The van der Waals surface area contributed by atoms with Gasteiger partial charge >= 0.3 is 0 Å². The average molecular weight is 345 g/mol. The summed E-state index contributed by atoms with van der Waals surface area (Å²) < 4.78 is 0.963. The Kier molecular flexibility index (Phi) is 6.92. The fraction of sp³-hybridized carbons (Fsp3) is 0.385. The second-order valence-electron chi connectivity index (χ2n) is 4.03. The van der Waals surface area contributed by atoms with Crippen molar-refractivity contribution in [3.8, 4) is 0 Å². The molecule has 0 bridgehead atoms. The van der Waals surface area contributed by atoms with Crippen LogP contribution in [0.15, 0.2) is 27.2 Å². The van der Waals surface area contributed by atoms with Crippen molar-refractivity contribution in [3.05, 3.63) is 33.5 Å². The summed E-state index contributed by atoms with van der Waals surface area (Å²) in [4.78, 5) is 17.4. The zero-order chi connectivity index (χ0) is 14.2. The maximum absolute atomic E-state index is 11.7. The molecule has 0 fully saturated rings. The topological polar surface area (TPSA) is 42.0 Å². The van der Waals surface area contributed by atoms with E-state index in [1.807, 2.05) is 24.1 Å². The Morgan fingerprint density at radius 2 is 2.35 bits per heavy atom. The van der Waals surface area contributed by atoms with Gasteiger partial charge in [-0.15, -0.1) is 22.7 Å². The molecule has 20 heavy (non-hydrogen) atoms. The Morgan fingerprint density at radius 3 is 3.05 bits per heavy atom. The molecule has 0 saturated carbocycles. The maximum Gasteiger partial charge on any atom is 0.230 e.